The summed E-state index contributed by atoms with van der Waals surface area (Å²) in [7, 11) is 0. The van der Waals surface area contributed by atoms with E-state index in [2.05, 4.69) is 0 Å². The molecule has 1 aliphatic rings. The fraction of sp³-hybridized carbons (Fsp3) is 0.833. The van der Waals surface area contributed by atoms with Gasteiger partial charge in [-0.1, -0.05) is 0 Å². The van der Waals surface area contributed by atoms with Gasteiger partial charge in [-0.25, -0.2) is 0 Å². The largest absolute Gasteiger partial charge is 0.394 e. The second-order valence-electron chi connectivity index (χ2n) is 2.54. The normalized spacial score (nSPS) is 37.5. The molecule has 0 spiro atoms. The number of rotatable bonds is 2. The van der Waals surface area contributed by atoms with Crippen LogP contribution in [0.2, 0.25) is 0 Å². The van der Waals surface area contributed by atoms with Gasteiger partial charge >= 0.3 is 0 Å². The fourth-order valence-electron chi connectivity index (χ4n) is 0.857. The van der Waals surface area contributed by atoms with Gasteiger partial charge in [-0.3, -0.25) is 4.79 Å². The van der Waals surface area contributed by atoms with Gasteiger partial charge in [0.25, 0.3) is 5.91 Å². The highest BCUT2D eigenvalue weighted by molar-refractivity contribution is 5.81. The van der Waals surface area contributed by atoms with E-state index >= 15 is 0 Å². The summed E-state index contributed by atoms with van der Waals surface area (Å²) in [6.07, 6.45) is -0.438. The first-order valence-corrected chi connectivity index (χ1v) is 3.31. The lowest BCUT2D eigenvalue weighted by Gasteiger charge is -2.17. The van der Waals surface area contributed by atoms with Crippen molar-refractivity contribution < 1.29 is 19.4 Å². The minimum absolute atomic E-state index is 0.164. The number of nitrogens with two attached hydrogens (primary N) is 1. The van der Waals surface area contributed by atoms with Gasteiger partial charge in [0.1, 0.15) is 6.10 Å². The SMILES string of the molecule is C[C@]1(C(N)=O)OC[C@@H](CO)O1. The molecule has 0 radical (unpaired) electrons. The van der Waals surface area contributed by atoms with E-state index in [1.54, 1.807) is 0 Å². The summed E-state index contributed by atoms with van der Waals surface area (Å²) in [5.74, 6) is -2.03. The Hall–Kier alpha value is -0.650. The van der Waals surface area contributed by atoms with E-state index in [1.165, 1.54) is 6.92 Å². The van der Waals surface area contributed by atoms with Crippen LogP contribution in [0, 0.1) is 0 Å². The first-order valence-electron chi connectivity index (χ1n) is 3.31. The molecule has 64 valence electrons. The Morgan fingerprint density at radius 3 is 2.82 bits per heavy atom. The van der Waals surface area contributed by atoms with E-state index in [0.29, 0.717) is 0 Å². The van der Waals surface area contributed by atoms with Crippen molar-refractivity contribution in [3.05, 3.63) is 0 Å². The summed E-state index contributed by atoms with van der Waals surface area (Å²) in [6, 6.07) is 0. The zero-order valence-electron chi connectivity index (χ0n) is 6.24. The molecule has 1 aliphatic heterocycles. The smallest absolute Gasteiger partial charge is 0.277 e. The molecule has 5 heteroatoms. The molecule has 0 aromatic carbocycles. The second kappa shape index (κ2) is 2.77. The lowest BCUT2D eigenvalue weighted by molar-refractivity contribution is -0.178. The van der Waals surface area contributed by atoms with E-state index in [-0.39, 0.29) is 13.2 Å². The summed E-state index contributed by atoms with van der Waals surface area (Å²) >= 11 is 0. The Morgan fingerprint density at radius 2 is 2.55 bits per heavy atom. The summed E-state index contributed by atoms with van der Waals surface area (Å²) in [6.45, 7) is 1.48. The molecule has 0 bridgehead atoms. The van der Waals surface area contributed by atoms with Crippen LogP contribution in [0.1, 0.15) is 6.92 Å². The van der Waals surface area contributed by atoms with E-state index in [4.69, 9.17) is 20.3 Å². The summed E-state index contributed by atoms with van der Waals surface area (Å²) in [4.78, 5) is 10.7. The number of aliphatic hydroxyl groups is 1. The van der Waals surface area contributed by atoms with Gasteiger partial charge in [-0.15, -0.1) is 0 Å². The number of aliphatic hydroxyl groups excluding tert-OH is 1. The molecule has 1 fully saturated rings. The van der Waals surface area contributed by atoms with Crippen molar-refractivity contribution in [3.63, 3.8) is 0 Å². The minimum Gasteiger partial charge on any atom is -0.394 e. The van der Waals surface area contributed by atoms with Crippen LogP contribution >= 0.6 is 0 Å². The second-order valence-corrected chi connectivity index (χ2v) is 2.54. The van der Waals surface area contributed by atoms with Gasteiger partial charge in [0.05, 0.1) is 13.2 Å². The van der Waals surface area contributed by atoms with Crippen molar-refractivity contribution in [1.82, 2.24) is 0 Å². The number of amides is 1. The molecular formula is C6H11NO4. The van der Waals surface area contributed by atoms with E-state index < -0.39 is 17.8 Å². The van der Waals surface area contributed by atoms with Crippen LogP contribution in [0.15, 0.2) is 0 Å². The van der Waals surface area contributed by atoms with Gasteiger partial charge in [-0.2, -0.15) is 0 Å². The van der Waals surface area contributed by atoms with Crippen LogP contribution < -0.4 is 5.73 Å². The molecule has 0 unspecified atom stereocenters. The molecule has 1 rings (SSSR count). The maximum absolute atomic E-state index is 10.7. The van der Waals surface area contributed by atoms with Crippen LogP contribution in [0.25, 0.3) is 0 Å². The molecule has 0 aliphatic carbocycles. The number of ether oxygens (including phenoxy) is 2. The molecule has 1 heterocycles. The van der Waals surface area contributed by atoms with Crippen LogP contribution in [0.5, 0.6) is 0 Å². The first kappa shape index (κ1) is 8.45. The molecule has 11 heavy (non-hydrogen) atoms. The third-order valence-electron chi connectivity index (χ3n) is 1.59. The van der Waals surface area contributed by atoms with Crippen LogP contribution in [0.3, 0.4) is 0 Å². The van der Waals surface area contributed by atoms with E-state index in [1.807, 2.05) is 0 Å². The van der Waals surface area contributed by atoms with E-state index in [9.17, 15) is 4.79 Å². The van der Waals surface area contributed by atoms with Crippen molar-refractivity contribution in [3.8, 4) is 0 Å². The average Bonchev–Trinajstić information content (AvgIpc) is 2.33. The Balaban J connectivity index is 2.57. The molecule has 1 amide bonds. The minimum atomic E-state index is -1.35. The highest BCUT2D eigenvalue weighted by Crippen LogP contribution is 2.22. The maximum Gasteiger partial charge on any atom is 0.277 e. The summed E-state index contributed by atoms with van der Waals surface area (Å²) in [5.41, 5.74) is 4.98. The lowest BCUT2D eigenvalue weighted by Crippen LogP contribution is -2.42. The van der Waals surface area contributed by atoms with Gasteiger partial charge in [0.2, 0.25) is 5.79 Å². The zero-order valence-corrected chi connectivity index (χ0v) is 6.24. The topological polar surface area (TPSA) is 81.8 Å². The van der Waals surface area contributed by atoms with E-state index in [0.717, 1.165) is 0 Å². The average molecular weight is 161 g/mol. The Kier molecular flexibility index (Phi) is 2.12. The van der Waals surface area contributed by atoms with Crippen molar-refractivity contribution >= 4 is 5.91 Å². The maximum atomic E-state index is 10.7. The van der Waals surface area contributed by atoms with Gasteiger partial charge in [0.15, 0.2) is 0 Å². The summed E-state index contributed by atoms with van der Waals surface area (Å²) in [5, 5.41) is 8.62. The highest BCUT2D eigenvalue weighted by atomic mass is 16.8. The molecule has 3 N–H and O–H groups in total. The quantitative estimate of drug-likeness (QED) is 0.521. The predicted molar refractivity (Wildman–Crippen MR) is 35.5 cm³/mol. The highest BCUT2D eigenvalue weighted by Gasteiger charge is 2.42. The van der Waals surface area contributed by atoms with Crippen LogP contribution in [0.4, 0.5) is 0 Å². The number of hydrogen-bond donors (Lipinski definition) is 2. The van der Waals surface area contributed by atoms with Crippen LogP contribution in [-0.4, -0.2) is 36.1 Å². The number of carbonyl (C=O) groups excluding carboxylic acids is 1. The molecule has 0 aromatic heterocycles. The van der Waals surface area contributed by atoms with Crippen molar-refractivity contribution in [2.45, 2.75) is 18.8 Å². The third-order valence-corrected chi connectivity index (χ3v) is 1.59. The van der Waals surface area contributed by atoms with Gasteiger partial charge in [-0.05, 0) is 6.92 Å². The van der Waals surface area contributed by atoms with Crippen molar-refractivity contribution in [2.24, 2.45) is 5.73 Å². The number of carbonyl (C=O) groups is 1. The summed E-state index contributed by atoms with van der Waals surface area (Å²) < 4.78 is 9.96. The molecular weight excluding hydrogens is 150 g/mol. The fourth-order valence-corrected chi connectivity index (χ4v) is 0.857. The Morgan fingerprint density at radius 1 is 1.91 bits per heavy atom. The molecule has 0 aromatic rings. The van der Waals surface area contributed by atoms with Gasteiger partial charge < -0.3 is 20.3 Å². The predicted octanol–water partition coefficient (Wildman–Crippen LogP) is -1.40. The molecule has 5 nitrogen and oxygen atoms in total. The molecule has 1 saturated heterocycles. The Bertz CT molecular complexity index is 172. The Labute approximate surface area is 64.1 Å². The number of primary amides is 1. The monoisotopic (exact) mass is 161 g/mol. The van der Waals surface area contributed by atoms with Gasteiger partial charge in [0, 0.05) is 0 Å². The standard InChI is InChI=1S/C6H11NO4/c1-6(5(7)9)10-3-4(2-8)11-6/h4,8H,2-3H2,1H3,(H2,7,9)/t4-,6+/m1/s1. The lowest BCUT2D eigenvalue weighted by atomic mass is 10.3. The zero-order chi connectivity index (χ0) is 8.48. The number of hydrogen-bond acceptors (Lipinski definition) is 4. The van der Waals surface area contributed by atoms with Crippen molar-refractivity contribution in [1.29, 1.82) is 0 Å². The first-order chi connectivity index (χ1) is 5.08. The van der Waals surface area contributed by atoms with Crippen LogP contribution in [-0.2, 0) is 14.3 Å². The van der Waals surface area contributed by atoms with Crippen molar-refractivity contribution in [2.75, 3.05) is 13.2 Å². The molecule has 2 atom stereocenters. The molecule has 0 saturated carbocycles. The third kappa shape index (κ3) is 1.50.